The number of rotatable bonds is 7. The summed E-state index contributed by atoms with van der Waals surface area (Å²) in [5.41, 5.74) is 12.8. The van der Waals surface area contributed by atoms with Crippen molar-refractivity contribution in [2.75, 3.05) is 0 Å². The quantitative estimate of drug-likeness (QED) is 0.112. The van der Waals surface area contributed by atoms with Crippen molar-refractivity contribution in [3.63, 3.8) is 0 Å². The Balaban J connectivity index is 1.13. The van der Waals surface area contributed by atoms with Crippen LogP contribution in [0.2, 0.25) is 0 Å². The average molecular weight is 853 g/mol. The molecular weight excluding hydrogens is 801 g/mol. The van der Waals surface area contributed by atoms with Crippen molar-refractivity contribution in [2.45, 2.75) is 51.4 Å². The van der Waals surface area contributed by atoms with Crippen LogP contribution < -0.4 is 20.7 Å². The number of nitrogens with zero attached hydrogens (tertiary/aromatic N) is 2. The number of aromatic nitrogens is 2. The lowest BCUT2D eigenvalue weighted by Gasteiger charge is -2.43. The molecule has 3 heteroatoms. The lowest BCUT2D eigenvalue weighted by atomic mass is 9.63. The van der Waals surface area contributed by atoms with Gasteiger partial charge in [0.2, 0.25) is 0 Å². The molecule has 1 aliphatic carbocycles. The standard InChI is InChI=1S/C62H52N2Si/c1-61(2)38-39-62(3,4)56-42-49(35-36-55(56)61)65(46-23-10-6-11-24-46,47-25-12-7-13-26-47)48-27-18-22-45(41-48)64-58-33-17-14-28-51(58)53-31-19-30-50(60(53)64)43-34-37-59-54(40-43)52-29-15-16-32-57(52)63(59)44-20-8-5-9-21-44/h5-37,40-42H,38-39H2,1-4H3. The minimum atomic E-state index is -2.92. The minimum Gasteiger partial charge on any atom is -0.309 e. The van der Waals surface area contributed by atoms with E-state index in [9.17, 15) is 0 Å². The molecule has 0 bridgehead atoms. The summed E-state index contributed by atoms with van der Waals surface area (Å²) in [6, 6.07) is 82.6. The Morgan fingerprint density at radius 1 is 0.354 bits per heavy atom. The number of para-hydroxylation sites is 4. The van der Waals surface area contributed by atoms with E-state index in [1.807, 2.05) is 0 Å². The third kappa shape index (κ3) is 6.06. The molecule has 2 heterocycles. The first-order chi connectivity index (χ1) is 31.7. The molecule has 2 aromatic heterocycles. The van der Waals surface area contributed by atoms with Gasteiger partial charge in [0, 0.05) is 38.5 Å². The Labute approximate surface area is 383 Å². The third-order valence-corrected chi connectivity index (χ3v) is 19.7. The van der Waals surface area contributed by atoms with Gasteiger partial charge in [0.15, 0.2) is 8.07 Å². The van der Waals surface area contributed by atoms with Crippen molar-refractivity contribution in [1.29, 1.82) is 0 Å². The molecular formula is C62H52N2Si. The zero-order valence-electron chi connectivity index (χ0n) is 37.6. The highest BCUT2D eigenvalue weighted by atomic mass is 28.3. The Morgan fingerprint density at radius 2 is 0.862 bits per heavy atom. The topological polar surface area (TPSA) is 9.86 Å². The van der Waals surface area contributed by atoms with Gasteiger partial charge < -0.3 is 9.13 Å². The third-order valence-electron chi connectivity index (χ3n) is 14.9. The molecule has 0 aliphatic heterocycles. The summed E-state index contributed by atoms with van der Waals surface area (Å²) in [7, 11) is -2.92. The maximum Gasteiger partial charge on any atom is 0.179 e. The van der Waals surface area contributed by atoms with E-state index < -0.39 is 8.07 Å². The van der Waals surface area contributed by atoms with Crippen LogP contribution in [0, 0.1) is 0 Å². The van der Waals surface area contributed by atoms with Crippen LogP contribution in [0.15, 0.2) is 218 Å². The van der Waals surface area contributed by atoms with E-state index in [-0.39, 0.29) is 10.8 Å². The molecule has 0 unspecified atom stereocenters. The fourth-order valence-electron chi connectivity index (χ4n) is 11.6. The highest BCUT2D eigenvalue weighted by Crippen LogP contribution is 2.46. The monoisotopic (exact) mass is 852 g/mol. The van der Waals surface area contributed by atoms with Crippen molar-refractivity contribution in [2.24, 2.45) is 0 Å². The van der Waals surface area contributed by atoms with E-state index in [4.69, 9.17) is 0 Å². The van der Waals surface area contributed by atoms with Gasteiger partial charge in [0.25, 0.3) is 0 Å². The van der Waals surface area contributed by atoms with Crippen molar-refractivity contribution in [3.05, 3.63) is 230 Å². The SMILES string of the molecule is CC1(C)CCC(C)(C)c2cc([Si](c3ccccc3)(c3ccccc3)c3cccc(-n4c5ccccc5c5cccc(-c6ccc7c(c6)c6ccccc6n7-c6ccccc6)c54)c3)ccc21. The first-order valence-corrected chi connectivity index (χ1v) is 25.2. The predicted molar refractivity (Wildman–Crippen MR) is 279 cm³/mol. The maximum absolute atomic E-state index is 2.92. The Bertz CT molecular complexity index is 3550. The summed E-state index contributed by atoms with van der Waals surface area (Å²) in [6.45, 7) is 9.78. The lowest BCUT2D eigenvalue weighted by molar-refractivity contribution is 0.332. The molecule has 314 valence electrons. The molecule has 12 rings (SSSR count). The molecule has 0 saturated heterocycles. The summed E-state index contributed by atoms with van der Waals surface area (Å²) in [5, 5.41) is 10.6. The fraction of sp³-hybridized carbons (Fsp3) is 0.129. The van der Waals surface area contributed by atoms with E-state index in [1.165, 1.54) is 111 Å². The number of hydrogen-bond acceptors (Lipinski definition) is 0. The van der Waals surface area contributed by atoms with E-state index in [2.05, 4.69) is 255 Å². The van der Waals surface area contributed by atoms with Crippen molar-refractivity contribution >= 4 is 72.4 Å². The molecule has 1 aliphatic rings. The molecule has 0 saturated carbocycles. The van der Waals surface area contributed by atoms with Gasteiger partial charge in [-0.15, -0.1) is 0 Å². The first-order valence-electron chi connectivity index (χ1n) is 23.2. The van der Waals surface area contributed by atoms with Gasteiger partial charge in [0.05, 0.1) is 22.1 Å². The van der Waals surface area contributed by atoms with E-state index >= 15 is 0 Å². The molecule has 0 atom stereocenters. The largest absolute Gasteiger partial charge is 0.309 e. The second-order valence-electron chi connectivity index (χ2n) is 19.5. The van der Waals surface area contributed by atoms with Crippen molar-refractivity contribution in [1.82, 2.24) is 9.13 Å². The summed E-state index contributed by atoms with van der Waals surface area (Å²) >= 11 is 0. The second-order valence-corrected chi connectivity index (χ2v) is 23.3. The molecule has 2 nitrogen and oxygen atoms in total. The maximum atomic E-state index is 2.64. The molecule has 0 radical (unpaired) electrons. The zero-order valence-corrected chi connectivity index (χ0v) is 38.6. The van der Waals surface area contributed by atoms with E-state index in [0.29, 0.717) is 0 Å². The van der Waals surface area contributed by atoms with Gasteiger partial charge in [-0.3, -0.25) is 0 Å². The van der Waals surface area contributed by atoms with Gasteiger partial charge >= 0.3 is 0 Å². The normalized spacial score (nSPS) is 14.6. The van der Waals surface area contributed by atoms with Gasteiger partial charge in [-0.25, -0.2) is 0 Å². The van der Waals surface area contributed by atoms with Gasteiger partial charge in [0.1, 0.15) is 0 Å². The summed E-state index contributed by atoms with van der Waals surface area (Å²) in [6.07, 6.45) is 2.37. The van der Waals surface area contributed by atoms with Crippen molar-refractivity contribution < 1.29 is 0 Å². The number of hydrogen-bond donors (Lipinski definition) is 0. The molecule has 9 aromatic carbocycles. The molecule has 65 heavy (non-hydrogen) atoms. The molecule has 0 fully saturated rings. The molecule has 11 aromatic rings. The molecule has 0 spiro atoms. The summed E-state index contributed by atoms with van der Waals surface area (Å²) < 4.78 is 4.95. The predicted octanol–water partition coefficient (Wildman–Crippen LogP) is 13.3. The van der Waals surface area contributed by atoms with Gasteiger partial charge in [-0.1, -0.05) is 198 Å². The van der Waals surface area contributed by atoms with Crippen LogP contribution in [0.5, 0.6) is 0 Å². The smallest absolute Gasteiger partial charge is 0.179 e. The highest BCUT2D eigenvalue weighted by Gasteiger charge is 2.44. The minimum absolute atomic E-state index is 0.0784. The summed E-state index contributed by atoms with van der Waals surface area (Å²) in [4.78, 5) is 0. The zero-order chi connectivity index (χ0) is 43.9. The van der Waals surface area contributed by atoms with Crippen LogP contribution in [-0.4, -0.2) is 17.2 Å². The van der Waals surface area contributed by atoms with Gasteiger partial charge in [-0.2, -0.15) is 0 Å². The van der Waals surface area contributed by atoms with Crippen LogP contribution in [0.25, 0.3) is 66.1 Å². The van der Waals surface area contributed by atoms with Crippen LogP contribution in [-0.2, 0) is 10.8 Å². The van der Waals surface area contributed by atoms with Crippen molar-refractivity contribution in [3.8, 4) is 22.5 Å². The van der Waals surface area contributed by atoms with Gasteiger partial charge in [-0.05, 0) is 110 Å². The van der Waals surface area contributed by atoms with Crippen LogP contribution in [0.4, 0.5) is 0 Å². The van der Waals surface area contributed by atoms with E-state index in [0.717, 1.165) is 0 Å². The number of fused-ring (bicyclic) bond motifs is 7. The number of benzene rings is 9. The first kappa shape index (κ1) is 39.4. The Hall–Kier alpha value is -7.20. The van der Waals surface area contributed by atoms with E-state index in [1.54, 1.807) is 0 Å². The van der Waals surface area contributed by atoms with Crippen LogP contribution in [0.3, 0.4) is 0 Å². The Morgan fingerprint density at radius 3 is 1.55 bits per heavy atom. The molecule has 0 N–H and O–H groups in total. The van der Waals surface area contributed by atoms with Crippen LogP contribution in [0.1, 0.15) is 51.7 Å². The highest BCUT2D eigenvalue weighted by molar-refractivity contribution is 7.20. The lowest BCUT2D eigenvalue weighted by Crippen LogP contribution is -2.75. The fourth-order valence-corrected chi connectivity index (χ4v) is 16.4. The summed E-state index contributed by atoms with van der Waals surface area (Å²) in [5.74, 6) is 0. The Kier molecular flexibility index (Phi) is 9.05. The molecule has 0 amide bonds. The van der Waals surface area contributed by atoms with Crippen LogP contribution >= 0.6 is 0 Å². The second kappa shape index (κ2) is 14.9. The average Bonchev–Trinajstić information content (AvgIpc) is 3.87.